The predicted molar refractivity (Wildman–Crippen MR) is 45.0 cm³/mol. The van der Waals surface area contributed by atoms with Gasteiger partial charge in [0, 0.05) is 4.90 Å². The Morgan fingerprint density at radius 1 is 1.21 bits per heavy atom. The van der Waals surface area contributed by atoms with E-state index in [0.29, 0.717) is 0 Å². The topological polar surface area (TPSA) is 100 Å². The van der Waals surface area contributed by atoms with E-state index in [0.717, 1.165) is 12.1 Å². The van der Waals surface area contributed by atoms with Gasteiger partial charge >= 0.3 is 29.6 Å². The van der Waals surface area contributed by atoms with Gasteiger partial charge in [-0.25, -0.2) is 13.6 Å². The zero-order valence-corrected chi connectivity index (χ0v) is 11.0. The Morgan fingerprint density at radius 2 is 1.64 bits per heavy atom. The number of sulfonamides is 1. The van der Waals surface area contributed by atoms with Gasteiger partial charge in [0.05, 0.1) is 4.90 Å². The van der Waals surface area contributed by atoms with Gasteiger partial charge in [-0.3, -0.25) is 4.21 Å². The van der Waals surface area contributed by atoms with E-state index in [-0.39, 0.29) is 39.3 Å². The predicted octanol–water partition coefficient (Wildman–Crippen LogP) is -3.42. The van der Waals surface area contributed by atoms with Gasteiger partial charge in [-0.1, -0.05) is 0 Å². The second-order valence-corrected chi connectivity index (χ2v) is 4.75. The Morgan fingerprint density at radius 3 is 1.93 bits per heavy atom. The first-order chi connectivity index (χ1) is 5.91. The van der Waals surface area contributed by atoms with E-state index in [2.05, 4.69) is 0 Å². The minimum atomic E-state index is -3.75. The van der Waals surface area contributed by atoms with E-state index in [1.165, 1.54) is 12.1 Å². The number of rotatable bonds is 2. The second kappa shape index (κ2) is 5.36. The van der Waals surface area contributed by atoms with E-state index < -0.39 is 21.1 Å². The van der Waals surface area contributed by atoms with Crippen molar-refractivity contribution < 1.29 is 46.7 Å². The third-order valence-corrected chi connectivity index (χ3v) is 2.93. The molecule has 0 spiro atoms. The van der Waals surface area contributed by atoms with Gasteiger partial charge in [0.25, 0.3) is 0 Å². The molecule has 0 aliphatic carbocycles. The molecule has 0 saturated carbocycles. The second-order valence-electron chi connectivity index (χ2n) is 2.25. The summed E-state index contributed by atoms with van der Waals surface area (Å²) >= 11 is -2.35. The molecule has 2 N–H and O–H groups in total. The Hall–Kier alpha value is 0.240. The first kappa shape index (κ1) is 14.2. The minimum Gasteiger partial charge on any atom is -0.768 e. The third kappa shape index (κ3) is 3.77. The molecule has 0 fully saturated rings. The molecule has 1 atom stereocenters. The average molecular weight is 243 g/mol. The normalized spacial score (nSPS) is 13.0. The summed E-state index contributed by atoms with van der Waals surface area (Å²) in [5.74, 6) is 0. The van der Waals surface area contributed by atoms with Crippen molar-refractivity contribution in [3.05, 3.63) is 24.3 Å². The fourth-order valence-electron chi connectivity index (χ4n) is 0.740. The van der Waals surface area contributed by atoms with Gasteiger partial charge in [0.15, 0.2) is 0 Å². The Kier molecular flexibility index (Phi) is 5.45. The van der Waals surface area contributed by atoms with Crippen LogP contribution in [-0.4, -0.2) is 17.2 Å². The number of hydrogen-bond donors (Lipinski definition) is 1. The maximum atomic E-state index is 10.7. The Bertz CT molecular complexity index is 428. The molecule has 1 rings (SSSR count). The molecule has 1 aromatic carbocycles. The molecule has 5 nitrogen and oxygen atoms in total. The molecular weight excluding hydrogens is 237 g/mol. The Labute approximate surface area is 106 Å². The van der Waals surface area contributed by atoms with Crippen LogP contribution >= 0.6 is 0 Å². The molecular formula is C6H6NNaO4S2. The van der Waals surface area contributed by atoms with Gasteiger partial charge in [-0.05, 0) is 35.3 Å². The fourth-order valence-corrected chi connectivity index (χ4v) is 1.61. The van der Waals surface area contributed by atoms with E-state index in [4.69, 9.17) is 5.14 Å². The van der Waals surface area contributed by atoms with Crippen LogP contribution < -0.4 is 34.7 Å². The summed E-state index contributed by atoms with van der Waals surface area (Å²) in [4.78, 5) is -0.0888. The van der Waals surface area contributed by atoms with Crippen molar-refractivity contribution in [1.29, 1.82) is 0 Å². The standard InChI is InChI=1S/C6H7NO4S2.Na/c7-13(10,11)6-3-1-5(2-4-6)12(8)9;/h1-4H,(H,8,9)(H2,7,10,11);/q;+1/p-1. The van der Waals surface area contributed by atoms with Gasteiger partial charge in [-0.2, -0.15) is 0 Å². The molecule has 72 valence electrons. The zero-order chi connectivity index (χ0) is 10.1. The number of hydrogen-bond acceptors (Lipinski definition) is 4. The van der Waals surface area contributed by atoms with Gasteiger partial charge in [0.2, 0.25) is 10.0 Å². The molecule has 1 unspecified atom stereocenters. The summed E-state index contributed by atoms with van der Waals surface area (Å²) in [6.45, 7) is 0. The molecule has 8 heteroatoms. The average Bonchev–Trinajstić information content (AvgIpc) is 2.03. The summed E-state index contributed by atoms with van der Waals surface area (Å²) in [6.07, 6.45) is 0. The van der Waals surface area contributed by atoms with Crippen LogP contribution in [0.25, 0.3) is 0 Å². The monoisotopic (exact) mass is 243 g/mol. The zero-order valence-electron chi connectivity index (χ0n) is 7.34. The number of nitrogens with two attached hydrogens (primary N) is 1. The molecule has 1 aromatic rings. The Balaban J connectivity index is 0.00000169. The van der Waals surface area contributed by atoms with Gasteiger partial charge < -0.3 is 4.55 Å². The summed E-state index contributed by atoms with van der Waals surface area (Å²) in [5, 5.41) is 4.80. The first-order valence-corrected chi connectivity index (χ1v) is 5.75. The van der Waals surface area contributed by atoms with Crippen molar-refractivity contribution >= 4 is 21.1 Å². The van der Waals surface area contributed by atoms with Crippen LogP contribution in [0.3, 0.4) is 0 Å². The van der Waals surface area contributed by atoms with Crippen molar-refractivity contribution in [1.82, 2.24) is 0 Å². The van der Waals surface area contributed by atoms with Crippen molar-refractivity contribution in [3.63, 3.8) is 0 Å². The van der Waals surface area contributed by atoms with E-state index in [9.17, 15) is 17.2 Å². The minimum absolute atomic E-state index is 0. The largest absolute Gasteiger partial charge is 1.00 e. The summed E-state index contributed by atoms with van der Waals surface area (Å²) in [6, 6.07) is 4.62. The van der Waals surface area contributed by atoms with Crippen LogP contribution in [0.1, 0.15) is 0 Å². The smallest absolute Gasteiger partial charge is 0.768 e. The molecule has 0 radical (unpaired) electrons. The van der Waals surface area contributed by atoms with Crippen molar-refractivity contribution in [2.45, 2.75) is 9.79 Å². The quantitative estimate of drug-likeness (QED) is 0.431. The van der Waals surface area contributed by atoms with E-state index in [1.807, 2.05) is 0 Å². The maximum absolute atomic E-state index is 10.7. The summed E-state index contributed by atoms with van der Waals surface area (Å²) < 4.78 is 42.2. The van der Waals surface area contributed by atoms with Crippen molar-refractivity contribution in [2.24, 2.45) is 5.14 Å². The van der Waals surface area contributed by atoms with Crippen LogP contribution in [0.4, 0.5) is 0 Å². The van der Waals surface area contributed by atoms with Crippen LogP contribution in [-0.2, 0) is 21.1 Å². The molecule has 0 amide bonds. The molecule has 0 aliphatic heterocycles. The molecule has 0 bridgehead atoms. The maximum Gasteiger partial charge on any atom is 1.00 e. The van der Waals surface area contributed by atoms with Crippen molar-refractivity contribution in [2.75, 3.05) is 0 Å². The van der Waals surface area contributed by atoms with Gasteiger partial charge in [0.1, 0.15) is 0 Å². The van der Waals surface area contributed by atoms with Crippen LogP contribution in [0.15, 0.2) is 34.1 Å². The number of benzene rings is 1. The van der Waals surface area contributed by atoms with E-state index >= 15 is 0 Å². The number of primary sulfonamides is 1. The SMILES string of the molecule is NS(=O)(=O)c1ccc(S(=O)[O-])cc1.[Na+]. The summed E-state index contributed by atoms with van der Waals surface area (Å²) in [7, 11) is -3.75. The fraction of sp³-hybridized carbons (Fsp3) is 0. The third-order valence-electron chi connectivity index (χ3n) is 1.34. The van der Waals surface area contributed by atoms with Crippen LogP contribution in [0.2, 0.25) is 0 Å². The van der Waals surface area contributed by atoms with Gasteiger partial charge in [-0.15, -0.1) is 0 Å². The molecule has 0 saturated heterocycles. The van der Waals surface area contributed by atoms with Crippen LogP contribution in [0, 0.1) is 0 Å². The first-order valence-electron chi connectivity index (χ1n) is 3.13. The molecule has 0 heterocycles. The molecule has 14 heavy (non-hydrogen) atoms. The molecule has 0 aromatic heterocycles. The van der Waals surface area contributed by atoms with Crippen LogP contribution in [0.5, 0.6) is 0 Å². The summed E-state index contributed by atoms with van der Waals surface area (Å²) in [5.41, 5.74) is 0. The molecule has 0 aliphatic rings. The van der Waals surface area contributed by atoms with Crippen molar-refractivity contribution in [3.8, 4) is 0 Å². The van der Waals surface area contributed by atoms with E-state index in [1.54, 1.807) is 0 Å².